The fraction of sp³-hybridized carbons (Fsp3) is 0.716. The maximum Gasteiger partial charge on any atom is 0.306 e. The lowest BCUT2D eigenvalue weighted by Gasteiger charge is -2.18. The van der Waals surface area contributed by atoms with Crippen molar-refractivity contribution in [2.75, 3.05) is 13.2 Å². The Morgan fingerprint density at radius 2 is 0.534 bits per heavy atom. The van der Waals surface area contributed by atoms with E-state index in [1.54, 1.807) is 0 Å². The van der Waals surface area contributed by atoms with Gasteiger partial charge in [0.1, 0.15) is 13.2 Å². The molecule has 0 aliphatic rings. The quantitative estimate of drug-likeness (QED) is 0.0261. The predicted octanol–water partition coefficient (Wildman–Crippen LogP) is 20.9. The summed E-state index contributed by atoms with van der Waals surface area (Å²) in [5.41, 5.74) is 0. The van der Waals surface area contributed by atoms with E-state index >= 15 is 0 Å². The second-order valence-corrected chi connectivity index (χ2v) is 20.2. The summed E-state index contributed by atoms with van der Waals surface area (Å²) in [6.07, 6.45) is 81.2. The molecule has 0 spiro atoms. The number of carbonyl (C=O) groups is 3. The first-order valence-corrected chi connectivity index (χ1v) is 30.7. The van der Waals surface area contributed by atoms with Gasteiger partial charge >= 0.3 is 17.9 Å². The molecule has 6 heteroatoms. The standard InChI is InChI=1S/C67H114O6/c1-4-7-10-13-16-19-22-25-27-29-31-32-33-34-36-37-39-42-45-48-51-54-57-60-66(69)72-63-64(62-71-65(68)59-56-53-50-47-44-41-24-21-18-15-12-9-6-3)73-67(70)61-58-55-52-49-46-43-40-38-35-30-28-26-23-20-17-14-11-8-5-2/h8,11,17,20-22,24-26,28-29,31,35,38,43,46,64H,4-7,9-10,12-16,18-19,23,27,30,32-34,36-37,39-42,44-45,47-63H2,1-3H3/b11-8-,20-17-,24-21-,25-22-,28-26-,31-29-,38-35-,46-43-. The highest BCUT2D eigenvalue weighted by molar-refractivity contribution is 5.71. The topological polar surface area (TPSA) is 78.9 Å². The first kappa shape index (κ1) is 69.3. The van der Waals surface area contributed by atoms with Gasteiger partial charge in [-0.1, -0.05) is 246 Å². The first-order valence-electron chi connectivity index (χ1n) is 30.7. The van der Waals surface area contributed by atoms with E-state index in [0.29, 0.717) is 12.8 Å². The van der Waals surface area contributed by atoms with Gasteiger partial charge in [-0.05, 0) is 122 Å². The van der Waals surface area contributed by atoms with Crippen LogP contribution >= 0.6 is 0 Å². The van der Waals surface area contributed by atoms with E-state index in [1.807, 2.05) is 0 Å². The normalized spacial score (nSPS) is 12.8. The minimum absolute atomic E-state index is 0.0945. The van der Waals surface area contributed by atoms with Gasteiger partial charge in [0, 0.05) is 19.3 Å². The average molecular weight is 1020 g/mol. The molecule has 1 unspecified atom stereocenters. The lowest BCUT2D eigenvalue weighted by atomic mass is 10.0. The van der Waals surface area contributed by atoms with E-state index in [9.17, 15) is 14.4 Å². The van der Waals surface area contributed by atoms with Crippen LogP contribution in [0.1, 0.15) is 290 Å². The van der Waals surface area contributed by atoms with Crippen LogP contribution in [0, 0.1) is 0 Å². The van der Waals surface area contributed by atoms with E-state index in [0.717, 1.165) is 109 Å². The highest BCUT2D eigenvalue weighted by atomic mass is 16.6. The molecule has 1 atom stereocenters. The van der Waals surface area contributed by atoms with Gasteiger partial charge in [0.05, 0.1) is 0 Å². The zero-order chi connectivity index (χ0) is 52.9. The van der Waals surface area contributed by atoms with Gasteiger partial charge < -0.3 is 14.2 Å². The molecule has 0 heterocycles. The number of carbonyl (C=O) groups excluding carboxylic acids is 3. The van der Waals surface area contributed by atoms with Crippen LogP contribution in [0.15, 0.2) is 97.2 Å². The molecule has 418 valence electrons. The zero-order valence-corrected chi connectivity index (χ0v) is 47.9. The molecule has 0 aromatic rings. The summed E-state index contributed by atoms with van der Waals surface area (Å²) in [5.74, 6) is -0.932. The van der Waals surface area contributed by atoms with Crippen LogP contribution in [-0.2, 0) is 28.6 Å². The predicted molar refractivity (Wildman–Crippen MR) is 316 cm³/mol. The Morgan fingerprint density at radius 1 is 0.288 bits per heavy atom. The van der Waals surface area contributed by atoms with Gasteiger partial charge in [0.25, 0.3) is 0 Å². The largest absolute Gasteiger partial charge is 0.462 e. The van der Waals surface area contributed by atoms with Crippen LogP contribution in [0.25, 0.3) is 0 Å². The Balaban J connectivity index is 4.39. The number of allylic oxidation sites excluding steroid dienone is 16. The average Bonchev–Trinajstić information content (AvgIpc) is 3.39. The lowest BCUT2D eigenvalue weighted by molar-refractivity contribution is -0.167. The van der Waals surface area contributed by atoms with Crippen molar-refractivity contribution in [1.82, 2.24) is 0 Å². The summed E-state index contributed by atoms with van der Waals surface area (Å²) in [6, 6.07) is 0. The minimum Gasteiger partial charge on any atom is -0.462 e. The maximum absolute atomic E-state index is 12.9. The molecule has 0 radical (unpaired) electrons. The van der Waals surface area contributed by atoms with Gasteiger partial charge in [-0.3, -0.25) is 14.4 Å². The SMILES string of the molecule is CC/C=C\C/C=C\C/C=C\C/C=C\C/C=C\CCCCCC(=O)OC(COC(=O)CCCCCCC/C=C\CCCCCC)COC(=O)CCCCCCCCCCCCC/C=C\C/C=C\CCCCCCC. The number of unbranched alkanes of at least 4 members (excludes halogenated alkanes) is 28. The van der Waals surface area contributed by atoms with E-state index in [4.69, 9.17) is 14.2 Å². The number of hydrogen-bond donors (Lipinski definition) is 0. The zero-order valence-electron chi connectivity index (χ0n) is 47.9. The minimum atomic E-state index is -0.801. The molecule has 0 rings (SSSR count). The fourth-order valence-electron chi connectivity index (χ4n) is 8.44. The Labute approximate surface area is 451 Å². The van der Waals surface area contributed by atoms with Crippen molar-refractivity contribution in [2.45, 2.75) is 297 Å². The first-order chi connectivity index (χ1) is 36.0. The summed E-state index contributed by atoms with van der Waals surface area (Å²) in [7, 11) is 0. The van der Waals surface area contributed by atoms with Crippen LogP contribution in [0.5, 0.6) is 0 Å². The van der Waals surface area contributed by atoms with E-state index in [-0.39, 0.29) is 37.5 Å². The van der Waals surface area contributed by atoms with Crippen LogP contribution in [0.2, 0.25) is 0 Å². The van der Waals surface area contributed by atoms with Crippen LogP contribution in [0.3, 0.4) is 0 Å². The third-order valence-corrected chi connectivity index (χ3v) is 13.0. The van der Waals surface area contributed by atoms with Crippen molar-refractivity contribution in [2.24, 2.45) is 0 Å². The molecule has 0 saturated heterocycles. The highest BCUT2D eigenvalue weighted by Gasteiger charge is 2.19. The molecular formula is C67H114O6. The lowest BCUT2D eigenvalue weighted by Crippen LogP contribution is -2.30. The Morgan fingerprint density at radius 3 is 0.877 bits per heavy atom. The molecule has 0 aromatic carbocycles. The molecule has 0 N–H and O–H groups in total. The van der Waals surface area contributed by atoms with Crippen LogP contribution in [-0.4, -0.2) is 37.2 Å². The summed E-state index contributed by atoms with van der Waals surface area (Å²) < 4.78 is 16.9. The Kier molecular flexibility index (Phi) is 57.8. The number of hydrogen-bond acceptors (Lipinski definition) is 6. The van der Waals surface area contributed by atoms with Crippen molar-refractivity contribution < 1.29 is 28.6 Å². The molecule has 6 nitrogen and oxygen atoms in total. The summed E-state index contributed by atoms with van der Waals surface area (Å²) in [4.78, 5) is 38.2. The molecule has 0 saturated carbocycles. The van der Waals surface area contributed by atoms with E-state index < -0.39 is 6.10 Å². The molecule has 0 aliphatic heterocycles. The summed E-state index contributed by atoms with van der Waals surface area (Å²) in [5, 5.41) is 0. The van der Waals surface area contributed by atoms with Gasteiger partial charge in [-0.15, -0.1) is 0 Å². The van der Waals surface area contributed by atoms with Crippen molar-refractivity contribution in [3.8, 4) is 0 Å². The molecule has 0 fully saturated rings. The smallest absolute Gasteiger partial charge is 0.306 e. The fourth-order valence-corrected chi connectivity index (χ4v) is 8.44. The number of rotatable bonds is 55. The molecule has 0 aromatic heterocycles. The molecule has 0 amide bonds. The third-order valence-electron chi connectivity index (χ3n) is 13.0. The summed E-state index contributed by atoms with van der Waals surface area (Å²) >= 11 is 0. The maximum atomic E-state index is 12.9. The van der Waals surface area contributed by atoms with E-state index in [2.05, 4.69) is 118 Å². The van der Waals surface area contributed by atoms with Crippen LogP contribution < -0.4 is 0 Å². The second kappa shape index (κ2) is 60.9. The van der Waals surface area contributed by atoms with Gasteiger partial charge in [0.2, 0.25) is 0 Å². The van der Waals surface area contributed by atoms with Crippen molar-refractivity contribution in [3.05, 3.63) is 97.2 Å². The molecule has 73 heavy (non-hydrogen) atoms. The van der Waals surface area contributed by atoms with Crippen molar-refractivity contribution in [3.63, 3.8) is 0 Å². The second-order valence-electron chi connectivity index (χ2n) is 20.2. The number of ether oxygens (including phenoxy) is 3. The van der Waals surface area contributed by atoms with Gasteiger partial charge in [-0.2, -0.15) is 0 Å². The van der Waals surface area contributed by atoms with E-state index in [1.165, 1.54) is 141 Å². The van der Waals surface area contributed by atoms with Gasteiger partial charge in [-0.25, -0.2) is 0 Å². The van der Waals surface area contributed by atoms with Gasteiger partial charge in [0.15, 0.2) is 6.10 Å². The highest BCUT2D eigenvalue weighted by Crippen LogP contribution is 2.15. The molecular weight excluding hydrogens is 901 g/mol. The number of esters is 3. The Hall–Kier alpha value is -3.67. The third kappa shape index (κ3) is 59.1. The monoisotopic (exact) mass is 1010 g/mol. The molecule has 0 bridgehead atoms. The van der Waals surface area contributed by atoms with Crippen molar-refractivity contribution >= 4 is 17.9 Å². The summed E-state index contributed by atoms with van der Waals surface area (Å²) in [6.45, 7) is 6.48. The molecule has 0 aliphatic carbocycles. The van der Waals surface area contributed by atoms with Crippen LogP contribution in [0.4, 0.5) is 0 Å². The Bertz CT molecular complexity index is 1440. The van der Waals surface area contributed by atoms with Crippen molar-refractivity contribution in [1.29, 1.82) is 0 Å².